The van der Waals surface area contributed by atoms with Crippen molar-refractivity contribution >= 4 is 17.3 Å². The number of nitrogens with one attached hydrogen (secondary N) is 2. The number of fused-ring (bicyclic) bond motifs is 1. The van der Waals surface area contributed by atoms with Crippen molar-refractivity contribution in [2.45, 2.75) is 57.7 Å². The summed E-state index contributed by atoms with van der Waals surface area (Å²) in [6.07, 6.45) is 1.54. The Balaban J connectivity index is 1.87. The standard InChI is InChI=1S/C22H26N2O2S/c1-13-6-5-7-15(10-13)17-11-22(12-21(3,4)23-20(27)24-22)26-19-14(2)18(25)9-8-16(17)19/h5-10,17,25H,11-12H2,1-4H3,(H2,23,24,27). The molecule has 0 aliphatic carbocycles. The molecule has 2 aromatic carbocycles. The van der Waals surface area contributed by atoms with Crippen LogP contribution < -0.4 is 15.4 Å². The van der Waals surface area contributed by atoms with E-state index in [9.17, 15) is 5.11 Å². The predicted octanol–water partition coefficient (Wildman–Crippen LogP) is 4.27. The van der Waals surface area contributed by atoms with Crippen LogP contribution in [0.1, 0.15) is 54.9 Å². The van der Waals surface area contributed by atoms with Gasteiger partial charge in [-0.15, -0.1) is 0 Å². The molecular weight excluding hydrogens is 356 g/mol. The summed E-state index contributed by atoms with van der Waals surface area (Å²) in [5.41, 5.74) is 3.60. The maximum Gasteiger partial charge on any atom is 0.185 e. The average molecular weight is 383 g/mol. The van der Waals surface area contributed by atoms with E-state index in [1.54, 1.807) is 6.07 Å². The zero-order valence-corrected chi connectivity index (χ0v) is 17.0. The van der Waals surface area contributed by atoms with Gasteiger partial charge in [0.05, 0.1) is 0 Å². The van der Waals surface area contributed by atoms with E-state index in [1.807, 2.05) is 13.0 Å². The van der Waals surface area contributed by atoms with Crippen LogP contribution in [0.15, 0.2) is 36.4 Å². The Bertz CT molecular complexity index is 925. The van der Waals surface area contributed by atoms with Crippen LogP contribution in [0, 0.1) is 13.8 Å². The number of hydrogen-bond donors (Lipinski definition) is 3. The van der Waals surface area contributed by atoms with Crippen molar-refractivity contribution < 1.29 is 9.84 Å². The van der Waals surface area contributed by atoms with Crippen LogP contribution in [0.2, 0.25) is 0 Å². The van der Waals surface area contributed by atoms with Crippen molar-refractivity contribution in [2.24, 2.45) is 0 Å². The fourth-order valence-electron chi connectivity index (χ4n) is 4.51. The fraction of sp³-hybridized carbons (Fsp3) is 0.409. The van der Waals surface area contributed by atoms with E-state index in [0.29, 0.717) is 5.11 Å². The van der Waals surface area contributed by atoms with E-state index in [2.05, 4.69) is 55.7 Å². The summed E-state index contributed by atoms with van der Waals surface area (Å²) in [6, 6.07) is 12.4. The highest BCUT2D eigenvalue weighted by molar-refractivity contribution is 7.80. The fourth-order valence-corrected chi connectivity index (χ4v) is 4.97. The number of benzene rings is 2. The topological polar surface area (TPSA) is 53.5 Å². The summed E-state index contributed by atoms with van der Waals surface area (Å²) in [4.78, 5) is 0. The quantitative estimate of drug-likeness (QED) is 0.643. The minimum absolute atomic E-state index is 0.164. The minimum Gasteiger partial charge on any atom is -0.508 e. The molecule has 2 aliphatic rings. The molecule has 0 aromatic heterocycles. The van der Waals surface area contributed by atoms with Crippen LogP contribution in [0.25, 0.3) is 0 Å². The first-order chi connectivity index (χ1) is 12.7. The molecule has 1 fully saturated rings. The lowest BCUT2D eigenvalue weighted by molar-refractivity contribution is -0.0134. The molecule has 2 atom stereocenters. The van der Waals surface area contributed by atoms with Gasteiger partial charge in [-0.2, -0.15) is 0 Å². The molecule has 4 rings (SSSR count). The smallest absolute Gasteiger partial charge is 0.185 e. The van der Waals surface area contributed by atoms with Crippen molar-refractivity contribution in [2.75, 3.05) is 0 Å². The molecule has 2 heterocycles. The lowest BCUT2D eigenvalue weighted by Gasteiger charge is -2.51. The molecule has 1 spiro atoms. The zero-order valence-electron chi connectivity index (χ0n) is 16.2. The maximum atomic E-state index is 10.3. The first kappa shape index (κ1) is 18.1. The second kappa shape index (κ2) is 6.13. The van der Waals surface area contributed by atoms with E-state index in [4.69, 9.17) is 17.0 Å². The van der Waals surface area contributed by atoms with Gasteiger partial charge in [-0.1, -0.05) is 35.9 Å². The van der Waals surface area contributed by atoms with Crippen molar-refractivity contribution in [1.82, 2.24) is 10.6 Å². The monoisotopic (exact) mass is 382 g/mol. The van der Waals surface area contributed by atoms with Gasteiger partial charge in [-0.05, 0) is 51.5 Å². The normalized spacial score (nSPS) is 25.9. The molecule has 2 unspecified atom stereocenters. The minimum atomic E-state index is -0.605. The van der Waals surface area contributed by atoms with E-state index >= 15 is 0 Å². The van der Waals surface area contributed by atoms with Gasteiger partial charge in [0.15, 0.2) is 10.8 Å². The summed E-state index contributed by atoms with van der Waals surface area (Å²) >= 11 is 5.49. The van der Waals surface area contributed by atoms with Gasteiger partial charge >= 0.3 is 0 Å². The van der Waals surface area contributed by atoms with E-state index in [0.717, 1.165) is 29.7 Å². The van der Waals surface area contributed by atoms with E-state index < -0.39 is 5.72 Å². The first-order valence-corrected chi connectivity index (χ1v) is 9.77. The molecule has 0 bridgehead atoms. The summed E-state index contributed by atoms with van der Waals surface area (Å²) in [6.45, 7) is 8.29. The lowest BCUT2D eigenvalue weighted by Crippen LogP contribution is -2.69. The molecule has 3 N–H and O–H groups in total. The molecule has 4 nitrogen and oxygen atoms in total. The molecule has 2 aromatic rings. The second-order valence-corrected chi connectivity index (χ2v) is 8.94. The molecular formula is C22H26N2O2S. The van der Waals surface area contributed by atoms with Crippen molar-refractivity contribution in [3.8, 4) is 11.5 Å². The van der Waals surface area contributed by atoms with Crippen LogP contribution in [0.4, 0.5) is 0 Å². The van der Waals surface area contributed by atoms with Gasteiger partial charge in [0.1, 0.15) is 11.5 Å². The number of hydrogen-bond acceptors (Lipinski definition) is 3. The van der Waals surface area contributed by atoms with Gasteiger partial charge < -0.3 is 20.5 Å². The Kier molecular flexibility index (Phi) is 4.11. The lowest BCUT2D eigenvalue weighted by atomic mass is 9.76. The van der Waals surface area contributed by atoms with Crippen molar-refractivity contribution in [3.05, 3.63) is 58.7 Å². The summed E-state index contributed by atoms with van der Waals surface area (Å²) in [5.74, 6) is 1.18. The third-order valence-electron chi connectivity index (χ3n) is 5.58. The molecule has 1 saturated heterocycles. The highest BCUT2D eigenvalue weighted by Gasteiger charge is 2.49. The largest absolute Gasteiger partial charge is 0.508 e. The van der Waals surface area contributed by atoms with Crippen LogP contribution in [0.5, 0.6) is 11.5 Å². The third-order valence-corrected chi connectivity index (χ3v) is 5.78. The maximum absolute atomic E-state index is 10.3. The zero-order chi connectivity index (χ0) is 19.4. The number of thiocarbonyl (C=S) groups is 1. The summed E-state index contributed by atoms with van der Waals surface area (Å²) < 4.78 is 6.56. The summed E-state index contributed by atoms with van der Waals surface area (Å²) in [5, 5.41) is 17.6. The predicted molar refractivity (Wildman–Crippen MR) is 111 cm³/mol. The Morgan fingerprint density at radius 2 is 1.93 bits per heavy atom. The average Bonchev–Trinajstić information content (AvgIpc) is 2.56. The van der Waals surface area contributed by atoms with Gasteiger partial charge in [-0.3, -0.25) is 0 Å². The number of phenolic OH excluding ortho intramolecular Hbond substituents is 1. The third kappa shape index (κ3) is 3.25. The molecule has 142 valence electrons. The highest BCUT2D eigenvalue weighted by atomic mass is 32.1. The molecule has 5 heteroatoms. The van der Waals surface area contributed by atoms with Crippen LogP contribution in [0.3, 0.4) is 0 Å². The van der Waals surface area contributed by atoms with Crippen LogP contribution in [-0.2, 0) is 0 Å². The van der Waals surface area contributed by atoms with Crippen LogP contribution >= 0.6 is 12.2 Å². The van der Waals surface area contributed by atoms with Gasteiger partial charge in [-0.25, -0.2) is 0 Å². The number of aromatic hydroxyl groups is 1. The number of rotatable bonds is 1. The Morgan fingerprint density at radius 3 is 2.63 bits per heavy atom. The number of aryl methyl sites for hydroxylation is 1. The molecule has 2 aliphatic heterocycles. The van der Waals surface area contributed by atoms with Gasteiger partial charge in [0.25, 0.3) is 0 Å². The summed E-state index contributed by atoms with van der Waals surface area (Å²) in [7, 11) is 0. The van der Waals surface area contributed by atoms with Gasteiger partial charge in [0, 0.05) is 35.4 Å². The van der Waals surface area contributed by atoms with Gasteiger partial charge in [0.2, 0.25) is 0 Å². The van der Waals surface area contributed by atoms with Crippen molar-refractivity contribution in [3.63, 3.8) is 0 Å². The SMILES string of the molecule is Cc1cccc(C2CC3(CC(C)(C)NC(=S)N3)Oc3c2ccc(O)c3C)c1. The molecule has 27 heavy (non-hydrogen) atoms. The Morgan fingerprint density at radius 1 is 1.15 bits per heavy atom. The second-order valence-electron chi connectivity index (χ2n) is 8.54. The van der Waals surface area contributed by atoms with Crippen molar-refractivity contribution in [1.29, 1.82) is 0 Å². The van der Waals surface area contributed by atoms with Crippen LogP contribution in [-0.4, -0.2) is 21.5 Å². The first-order valence-electron chi connectivity index (χ1n) is 9.36. The molecule has 0 radical (unpaired) electrons. The molecule has 0 amide bonds. The number of phenols is 1. The Hall–Kier alpha value is -2.27. The number of ether oxygens (including phenoxy) is 1. The highest BCUT2D eigenvalue weighted by Crippen LogP contribution is 2.49. The van der Waals surface area contributed by atoms with E-state index in [1.165, 1.54) is 11.1 Å². The molecule has 0 saturated carbocycles. The Labute approximate surface area is 165 Å². The van der Waals surface area contributed by atoms with E-state index in [-0.39, 0.29) is 17.2 Å².